The van der Waals surface area contributed by atoms with E-state index in [4.69, 9.17) is 5.73 Å². The van der Waals surface area contributed by atoms with Crippen LogP contribution in [0, 0.1) is 5.82 Å². The molecule has 102 valence electrons. The molecule has 5 nitrogen and oxygen atoms in total. The van der Waals surface area contributed by atoms with E-state index in [1.165, 1.54) is 21.9 Å². The number of carbonyl (C=O) groups excluding carboxylic acids is 2. The van der Waals surface area contributed by atoms with Crippen LogP contribution >= 0.6 is 0 Å². The van der Waals surface area contributed by atoms with Crippen LogP contribution in [0.25, 0.3) is 0 Å². The molecule has 0 unspecified atom stereocenters. The molecule has 1 saturated heterocycles. The number of carbonyl (C=O) groups is 2. The van der Waals surface area contributed by atoms with Crippen LogP contribution in [0.2, 0.25) is 0 Å². The molecule has 1 heterocycles. The van der Waals surface area contributed by atoms with Gasteiger partial charge < -0.3 is 15.5 Å². The fourth-order valence-electron chi connectivity index (χ4n) is 2.03. The highest BCUT2D eigenvalue weighted by atomic mass is 19.1. The molecule has 1 aliphatic rings. The first-order valence-corrected chi connectivity index (χ1v) is 6.10. The molecule has 0 radical (unpaired) electrons. The summed E-state index contributed by atoms with van der Waals surface area (Å²) in [5, 5.41) is 0. The second kappa shape index (κ2) is 5.26. The summed E-state index contributed by atoms with van der Waals surface area (Å²) in [7, 11) is 0. The average molecular weight is 265 g/mol. The van der Waals surface area contributed by atoms with Crippen molar-refractivity contribution < 1.29 is 14.0 Å². The van der Waals surface area contributed by atoms with Crippen molar-refractivity contribution in [2.75, 3.05) is 25.4 Å². The van der Waals surface area contributed by atoms with Gasteiger partial charge in [0.15, 0.2) is 0 Å². The second-order valence-corrected chi connectivity index (χ2v) is 4.51. The van der Waals surface area contributed by atoms with Crippen molar-refractivity contribution in [3.8, 4) is 0 Å². The van der Waals surface area contributed by atoms with E-state index < -0.39 is 5.82 Å². The minimum absolute atomic E-state index is 0.00348. The molecule has 1 aliphatic heterocycles. The zero-order chi connectivity index (χ0) is 14.0. The number of amides is 2. The largest absolute Gasteiger partial charge is 0.399 e. The van der Waals surface area contributed by atoms with Crippen LogP contribution in [0.4, 0.5) is 10.1 Å². The standard InChI is InChI=1S/C13H16FN3O2/c1-2-16-7-13(19)17(8-12(16)18)6-9-3-4-10(15)5-11(9)14/h3-5H,2,6-8,15H2,1H3. The Bertz CT molecular complexity index is 519. The lowest BCUT2D eigenvalue weighted by Gasteiger charge is -2.33. The van der Waals surface area contributed by atoms with E-state index in [0.29, 0.717) is 17.8 Å². The lowest BCUT2D eigenvalue weighted by Crippen LogP contribution is -2.53. The number of nitrogens with two attached hydrogens (primary N) is 1. The number of hydrogen-bond acceptors (Lipinski definition) is 3. The molecule has 2 rings (SSSR count). The van der Waals surface area contributed by atoms with Crippen molar-refractivity contribution in [2.24, 2.45) is 0 Å². The number of benzene rings is 1. The van der Waals surface area contributed by atoms with Crippen LogP contribution in [-0.2, 0) is 16.1 Å². The van der Waals surface area contributed by atoms with Gasteiger partial charge in [-0.25, -0.2) is 4.39 Å². The molecule has 19 heavy (non-hydrogen) atoms. The van der Waals surface area contributed by atoms with Crippen molar-refractivity contribution in [1.82, 2.24) is 9.80 Å². The van der Waals surface area contributed by atoms with Crippen LogP contribution in [0.1, 0.15) is 12.5 Å². The van der Waals surface area contributed by atoms with E-state index in [1.807, 2.05) is 6.92 Å². The third kappa shape index (κ3) is 2.83. The number of nitrogens with zero attached hydrogens (tertiary/aromatic N) is 2. The van der Waals surface area contributed by atoms with Crippen molar-refractivity contribution >= 4 is 17.5 Å². The first-order chi connectivity index (χ1) is 9.01. The molecule has 2 amide bonds. The van der Waals surface area contributed by atoms with Gasteiger partial charge >= 0.3 is 0 Å². The Morgan fingerprint density at radius 2 is 1.84 bits per heavy atom. The quantitative estimate of drug-likeness (QED) is 0.814. The maximum absolute atomic E-state index is 13.7. The highest BCUT2D eigenvalue weighted by Crippen LogP contribution is 2.16. The fraction of sp³-hybridized carbons (Fsp3) is 0.385. The van der Waals surface area contributed by atoms with Gasteiger partial charge in [0.25, 0.3) is 0 Å². The third-order valence-electron chi connectivity index (χ3n) is 3.18. The van der Waals surface area contributed by atoms with Crippen LogP contribution in [0.15, 0.2) is 18.2 Å². The second-order valence-electron chi connectivity index (χ2n) is 4.51. The Morgan fingerprint density at radius 3 is 2.47 bits per heavy atom. The SMILES string of the molecule is CCN1CC(=O)N(Cc2ccc(N)cc2F)CC1=O. The Balaban J connectivity index is 2.11. The monoisotopic (exact) mass is 265 g/mol. The molecule has 6 heteroatoms. The van der Waals surface area contributed by atoms with Crippen LogP contribution in [0.3, 0.4) is 0 Å². The molecule has 2 N–H and O–H groups in total. The number of halogens is 1. The van der Waals surface area contributed by atoms with Crippen molar-refractivity contribution in [2.45, 2.75) is 13.5 Å². The van der Waals surface area contributed by atoms with Gasteiger partial charge in [-0.15, -0.1) is 0 Å². The normalized spacial score (nSPS) is 16.1. The van der Waals surface area contributed by atoms with Crippen molar-refractivity contribution in [3.05, 3.63) is 29.6 Å². The van der Waals surface area contributed by atoms with E-state index in [0.717, 1.165) is 0 Å². The van der Waals surface area contributed by atoms with E-state index in [1.54, 1.807) is 6.07 Å². The topological polar surface area (TPSA) is 66.6 Å². The fourth-order valence-corrected chi connectivity index (χ4v) is 2.03. The maximum atomic E-state index is 13.7. The lowest BCUT2D eigenvalue weighted by atomic mass is 10.1. The predicted molar refractivity (Wildman–Crippen MR) is 68.5 cm³/mol. The smallest absolute Gasteiger partial charge is 0.242 e. The molecule has 0 aliphatic carbocycles. The van der Waals surface area contributed by atoms with Gasteiger partial charge in [-0.3, -0.25) is 9.59 Å². The highest BCUT2D eigenvalue weighted by Gasteiger charge is 2.29. The van der Waals surface area contributed by atoms with E-state index in [-0.39, 0.29) is 31.4 Å². The maximum Gasteiger partial charge on any atom is 0.242 e. The van der Waals surface area contributed by atoms with Gasteiger partial charge in [-0.1, -0.05) is 6.07 Å². The Labute approximate surface area is 110 Å². The Hall–Kier alpha value is -2.11. The van der Waals surface area contributed by atoms with Gasteiger partial charge in [0.1, 0.15) is 12.4 Å². The molecule has 1 aromatic rings. The number of piperazine rings is 1. The van der Waals surface area contributed by atoms with Gasteiger partial charge in [0.05, 0.1) is 6.54 Å². The molecule has 0 spiro atoms. The molecule has 0 aromatic heterocycles. The predicted octanol–water partition coefficient (Wildman–Crippen LogP) is 0.599. The lowest BCUT2D eigenvalue weighted by molar-refractivity contribution is -0.150. The zero-order valence-corrected chi connectivity index (χ0v) is 10.7. The molecule has 0 atom stereocenters. The van der Waals surface area contributed by atoms with E-state index in [9.17, 15) is 14.0 Å². The number of likely N-dealkylation sites (N-methyl/N-ethyl adjacent to an activating group) is 1. The van der Waals surface area contributed by atoms with Crippen LogP contribution in [0.5, 0.6) is 0 Å². The summed E-state index contributed by atoms with van der Waals surface area (Å²) >= 11 is 0. The molecule has 1 aromatic carbocycles. The van der Waals surface area contributed by atoms with Crippen LogP contribution < -0.4 is 5.73 Å². The zero-order valence-electron chi connectivity index (χ0n) is 10.7. The average Bonchev–Trinajstić information content (AvgIpc) is 2.36. The molecule has 1 fully saturated rings. The number of nitrogen functional groups attached to an aromatic ring is 1. The molecular weight excluding hydrogens is 249 g/mol. The molecular formula is C13H16FN3O2. The summed E-state index contributed by atoms with van der Waals surface area (Å²) in [5.74, 6) is -0.742. The van der Waals surface area contributed by atoms with Gasteiger partial charge in [0.2, 0.25) is 11.8 Å². The van der Waals surface area contributed by atoms with Gasteiger partial charge in [-0.2, -0.15) is 0 Å². The minimum atomic E-state index is -0.460. The molecule has 0 bridgehead atoms. The Kier molecular flexibility index (Phi) is 3.69. The van der Waals surface area contributed by atoms with E-state index in [2.05, 4.69) is 0 Å². The van der Waals surface area contributed by atoms with Gasteiger partial charge in [0, 0.05) is 24.3 Å². The summed E-state index contributed by atoms with van der Waals surface area (Å²) < 4.78 is 13.7. The van der Waals surface area contributed by atoms with E-state index >= 15 is 0 Å². The Morgan fingerprint density at radius 1 is 1.21 bits per heavy atom. The number of hydrogen-bond donors (Lipinski definition) is 1. The summed E-state index contributed by atoms with van der Waals surface area (Å²) in [6.07, 6.45) is 0. The van der Waals surface area contributed by atoms with Gasteiger partial charge in [-0.05, 0) is 19.1 Å². The highest BCUT2D eigenvalue weighted by molar-refractivity contribution is 5.92. The molecule has 0 saturated carbocycles. The minimum Gasteiger partial charge on any atom is -0.399 e. The summed E-state index contributed by atoms with van der Waals surface area (Å²) in [5.41, 5.74) is 6.16. The number of anilines is 1. The number of rotatable bonds is 3. The van der Waals surface area contributed by atoms with Crippen LogP contribution in [-0.4, -0.2) is 41.2 Å². The first-order valence-electron chi connectivity index (χ1n) is 6.10. The summed E-state index contributed by atoms with van der Waals surface area (Å²) in [4.78, 5) is 26.5. The van der Waals surface area contributed by atoms with Crippen molar-refractivity contribution in [1.29, 1.82) is 0 Å². The summed E-state index contributed by atoms with van der Waals surface area (Å²) in [6, 6.07) is 4.32. The first kappa shape index (κ1) is 13.3. The van der Waals surface area contributed by atoms with Crippen molar-refractivity contribution in [3.63, 3.8) is 0 Å². The summed E-state index contributed by atoms with van der Waals surface area (Å²) in [6.45, 7) is 2.48. The third-order valence-corrected chi connectivity index (χ3v) is 3.18.